The van der Waals surface area contributed by atoms with Crippen LogP contribution in [0, 0.1) is 0 Å². The van der Waals surface area contributed by atoms with Crippen molar-refractivity contribution in [3.63, 3.8) is 0 Å². The third-order valence-corrected chi connectivity index (χ3v) is 5.29. The standard InChI is InChI=1S/C15H23ClN4OS/c1-15(2,22-3)11-18-14(21)20-8-6-19(7-9-20)13-5-4-12(16)10-17-13/h4-5,10H,6-9,11H2,1-3H3,(H,18,21). The minimum atomic E-state index is 0.0193. The topological polar surface area (TPSA) is 48.5 Å². The lowest BCUT2D eigenvalue weighted by Gasteiger charge is -2.36. The van der Waals surface area contributed by atoms with Gasteiger partial charge < -0.3 is 15.1 Å². The SMILES string of the molecule is CSC(C)(C)CNC(=O)N1CCN(c2ccc(Cl)cn2)CC1. The van der Waals surface area contributed by atoms with Crippen molar-refractivity contribution >= 4 is 35.2 Å². The molecular weight excluding hydrogens is 320 g/mol. The smallest absolute Gasteiger partial charge is 0.317 e. The molecule has 1 N–H and O–H groups in total. The number of amides is 2. The van der Waals surface area contributed by atoms with Crippen LogP contribution in [0.4, 0.5) is 10.6 Å². The van der Waals surface area contributed by atoms with E-state index in [9.17, 15) is 4.79 Å². The fourth-order valence-corrected chi connectivity index (χ4v) is 2.49. The quantitative estimate of drug-likeness (QED) is 0.914. The molecule has 0 radical (unpaired) electrons. The summed E-state index contributed by atoms with van der Waals surface area (Å²) in [6, 6.07) is 3.78. The van der Waals surface area contributed by atoms with Gasteiger partial charge in [0.1, 0.15) is 5.82 Å². The number of urea groups is 1. The van der Waals surface area contributed by atoms with Gasteiger partial charge in [0, 0.05) is 43.7 Å². The molecule has 2 heterocycles. The number of hydrogen-bond acceptors (Lipinski definition) is 4. The molecule has 0 aromatic carbocycles. The highest BCUT2D eigenvalue weighted by molar-refractivity contribution is 7.99. The zero-order valence-corrected chi connectivity index (χ0v) is 14.9. The van der Waals surface area contributed by atoms with Crippen molar-refractivity contribution in [1.82, 2.24) is 15.2 Å². The maximum Gasteiger partial charge on any atom is 0.317 e. The predicted octanol–water partition coefficient (Wildman–Crippen LogP) is 2.71. The van der Waals surface area contributed by atoms with Crippen molar-refractivity contribution < 1.29 is 4.79 Å². The number of rotatable bonds is 4. The van der Waals surface area contributed by atoms with Crippen LogP contribution in [0.1, 0.15) is 13.8 Å². The van der Waals surface area contributed by atoms with Gasteiger partial charge in [0.25, 0.3) is 0 Å². The summed E-state index contributed by atoms with van der Waals surface area (Å²) in [5.74, 6) is 0.910. The van der Waals surface area contributed by atoms with Gasteiger partial charge in [-0.15, -0.1) is 0 Å². The zero-order chi connectivity index (χ0) is 16.2. The highest BCUT2D eigenvalue weighted by Gasteiger charge is 2.23. The first-order chi connectivity index (χ1) is 10.4. The van der Waals surface area contributed by atoms with Gasteiger partial charge >= 0.3 is 6.03 Å². The molecule has 122 valence electrons. The van der Waals surface area contributed by atoms with E-state index in [1.54, 1.807) is 18.0 Å². The van der Waals surface area contributed by atoms with E-state index >= 15 is 0 Å². The summed E-state index contributed by atoms with van der Waals surface area (Å²) >= 11 is 7.61. The predicted molar refractivity (Wildman–Crippen MR) is 94.0 cm³/mol. The van der Waals surface area contributed by atoms with E-state index in [2.05, 4.69) is 35.3 Å². The highest BCUT2D eigenvalue weighted by atomic mass is 35.5. The molecular formula is C15H23ClN4OS. The van der Waals surface area contributed by atoms with Crippen molar-refractivity contribution in [2.45, 2.75) is 18.6 Å². The lowest BCUT2D eigenvalue weighted by atomic mass is 10.2. The average molecular weight is 343 g/mol. The minimum Gasteiger partial charge on any atom is -0.353 e. The molecule has 0 saturated carbocycles. The molecule has 2 rings (SSSR count). The molecule has 1 aromatic heterocycles. The molecule has 0 aliphatic carbocycles. The van der Waals surface area contributed by atoms with E-state index in [0.717, 1.165) is 18.9 Å². The number of pyridine rings is 1. The molecule has 5 nitrogen and oxygen atoms in total. The Morgan fingerprint density at radius 1 is 1.36 bits per heavy atom. The number of anilines is 1. The Balaban J connectivity index is 1.81. The molecule has 0 atom stereocenters. The maximum atomic E-state index is 12.2. The van der Waals surface area contributed by atoms with Crippen molar-refractivity contribution in [1.29, 1.82) is 0 Å². The second kappa shape index (κ2) is 7.42. The number of aromatic nitrogens is 1. The summed E-state index contributed by atoms with van der Waals surface area (Å²) in [5, 5.41) is 3.66. The van der Waals surface area contributed by atoms with Crippen LogP contribution in [-0.2, 0) is 0 Å². The first-order valence-corrected chi connectivity index (χ1v) is 8.96. The first kappa shape index (κ1) is 17.2. The van der Waals surface area contributed by atoms with E-state index in [1.807, 2.05) is 17.0 Å². The lowest BCUT2D eigenvalue weighted by molar-refractivity contribution is 0.193. The van der Waals surface area contributed by atoms with Gasteiger partial charge in [-0.2, -0.15) is 11.8 Å². The molecule has 1 fully saturated rings. The number of nitrogens with zero attached hydrogens (tertiary/aromatic N) is 3. The Bertz CT molecular complexity index is 501. The van der Waals surface area contributed by atoms with Crippen LogP contribution < -0.4 is 10.2 Å². The summed E-state index contributed by atoms with van der Waals surface area (Å²) in [4.78, 5) is 20.6. The van der Waals surface area contributed by atoms with Crippen LogP contribution in [0.5, 0.6) is 0 Å². The Labute approximate surface area is 141 Å². The molecule has 22 heavy (non-hydrogen) atoms. The van der Waals surface area contributed by atoms with Crippen molar-refractivity contribution in [3.05, 3.63) is 23.4 Å². The molecule has 1 saturated heterocycles. The second-order valence-corrected chi connectivity index (χ2v) is 7.88. The fraction of sp³-hybridized carbons (Fsp3) is 0.600. The van der Waals surface area contributed by atoms with Crippen LogP contribution >= 0.6 is 23.4 Å². The number of thioether (sulfide) groups is 1. The molecule has 1 aliphatic rings. The molecule has 0 spiro atoms. The van der Waals surface area contributed by atoms with Gasteiger partial charge in [-0.3, -0.25) is 0 Å². The fourth-order valence-electron chi connectivity index (χ4n) is 2.17. The van der Waals surface area contributed by atoms with E-state index in [-0.39, 0.29) is 10.8 Å². The Morgan fingerprint density at radius 3 is 2.59 bits per heavy atom. The van der Waals surface area contributed by atoms with Crippen LogP contribution in [0.3, 0.4) is 0 Å². The summed E-state index contributed by atoms with van der Waals surface area (Å²) < 4.78 is 0.0602. The first-order valence-electron chi connectivity index (χ1n) is 7.36. The molecule has 2 amide bonds. The van der Waals surface area contributed by atoms with E-state index in [1.165, 1.54) is 0 Å². The summed E-state index contributed by atoms with van der Waals surface area (Å²) in [6.45, 7) is 7.91. The number of nitrogens with one attached hydrogen (secondary N) is 1. The van der Waals surface area contributed by atoms with Crippen LogP contribution in [0.25, 0.3) is 0 Å². The average Bonchev–Trinajstić information content (AvgIpc) is 2.54. The second-order valence-electron chi connectivity index (χ2n) is 5.93. The van der Waals surface area contributed by atoms with Gasteiger partial charge in [-0.1, -0.05) is 11.6 Å². The van der Waals surface area contributed by atoms with Gasteiger partial charge in [-0.05, 0) is 32.2 Å². The summed E-state index contributed by atoms with van der Waals surface area (Å²) in [5.41, 5.74) is 0. The van der Waals surface area contributed by atoms with Crippen molar-refractivity contribution in [2.24, 2.45) is 0 Å². The Kier molecular flexibility index (Phi) is 5.81. The largest absolute Gasteiger partial charge is 0.353 e. The minimum absolute atomic E-state index is 0.0193. The maximum absolute atomic E-state index is 12.2. The Morgan fingerprint density at radius 2 is 2.05 bits per heavy atom. The van der Waals surface area contributed by atoms with Gasteiger partial charge in [-0.25, -0.2) is 9.78 Å². The normalized spacial score (nSPS) is 15.8. The molecule has 7 heteroatoms. The van der Waals surface area contributed by atoms with E-state index in [0.29, 0.717) is 24.7 Å². The van der Waals surface area contributed by atoms with Crippen LogP contribution in [-0.4, -0.2) is 59.6 Å². The van der Waals surface area contributed by atoms with Crippen LogP contribution in [0.15, 0.2) is 18.3 Å². The molecule has 1 aromatic rings. The summed E-state index contributed by atoms with van der Waals surface area (Å²) in [6.07, 6.45) is 3.71. The van der Waals surface area contributed by atoms with Gasteiger partial charge in [0.15, 0.2) is 0 Å². The number of carbonyl (C=O) groups excluding carboxylic acids is 1. The number of hydrogen-bond donors (Lipinski definition) is 1. The van der Waals surface area contributed by atoms with Gasteiger partial charge in [0.05, 0.1) is 5.02 Å². The number of carbonyl (C=O) groups is 1. The van der Waals surface area contributed by atoms with Crippen LogP contribution in [0.2, 0.25) is 5.02 Å². The van der Waals surface area contributed by atoms with Crippen molar-refractivity contribution in [3.8, 4) is 0 Å². The monoisotopic (exact) mass is 342 g/mol. The van der Waals surface area contributed by atoms with E-state index in [4.69, 9.17) is 11.6 Å². The third kappa shape index (κ3) is 4.68. The Hall–Kier alpha value is -1.14. The number of halogens is 1. The number of piperazine rings is 1. The zero-order valence-electron chi connectivity index (χ0n) is 13.3. The third-order valence-electron chi connectivity index (χ3n) is 3.82. The lowest BCUT2D eigenvalue weighted by Crippen LogP contribution is -2.53. The van der Waals surface area contributed by atoms with E-state index < -0.39 is 0 Å². The van der Waals surface area contributed by atoms with Crippen molar-refractivity contribution in [2.75, 3.05) is 43.9 Å². The summed E-state index contributed by atoms with van der Waals surface area (Å²) in [7, 11) is 0. The molecule has 0 unspecified atom stereocenters. The molecule has 0 bridgehead atoms. The van der Waals surface area contributed by atoms with Gasteiger partial charge in [0.2, 0.25) is 0 Å². The highest BCUT2D eigenvalue weighted by Crippen LogP contribution is 2.20. The molecule has 1 aliphatic heterocycles.